The lowest BCUT2D eigenvalue weighted by atomic mass is 10.1. The summed E-state index contributed by atoms with van der Waals surface area (Å²) >= 11 is 0. The Hall–Kier alpha value is -2.85. The molecule has 9 nitrogen and oxygen atoms in total. The van der Waals surface area contributed by atoms with E-state index in [9.17, 15) is 14.7 Å². The number of carbonyl (C=O) groups excluding carboxylic acids is 2. The number of aliphatic hydroxyl groups excluding tert-OH is 1. The highest BCUT2D eigenvalue weighted by Gasteiger charge is 2.28. The number of rotatable bonds is 10. The molecule has 1 fully saturated rings. The van der Waals surface area contributed by atoms with Gasteiger partial charge >= 0.3 is 5.97 Å². The average Bonchev–Trinajstić information content (AvgIpc) is 3.19. The summed E-state index contributed by atoms with van der Waals surface area (Å²) in [4.78, 5) is 29.5. The molecule has 0 saturated carbocycles. The van der Waals surface area contributed by atoms with E-state index in [-0.39, 0.29) is 11.9 Å². The molecule has 0 radical (unpaired) electrons. The molecular weight excluding hydrogens is 486 g/mol. The lowest BCUT2D eigenvalue weighted by molar-refractivity contribution is -0.160. The highest BCUT2D eigenvalue weighted by atomic mass is 16.6. The van der Waals surface area contributed by atoms with Crippen molar-refractivity contribution in [2.24, 2.45) is 0 Å². The summed E-state index contributed by atoms with van der Waals surface area (Å²) in [5.74, 6) is 0.236. The maximum absolute atomic E-state index is 12.6. The van der Waals surface area contributed by atoms with E-state index >= 15 is 0 Å². The van der Waals surface area contributed by atoms with Crippen molar-refractivity contribution < 1.29 is 28.9 Å². The van der Waals surface area contributed by atoms with E-state index in [4.69, 9.17) is 19.2 Å². The molecule has 3 atom stereocenters. The van der Waals surface area contributed by atoms with Crippen molar-refractivity contribution in [1.82, 2.24) is 14.9 Å². The van der Waals surface area contributed by atoms with Crippen molar-refractivity contribution >= 4 is 28.4 Å². The highest BCUT2D eigenvalue weighted by Crippen LogP contribution is 2.26. The third kappa shape index (κ3) is 7.83. The Morgan fingerprint density at radius 1 is 1.29 bits per heavy atom. The Balaban J connectivity index is 1.94. The number of benzene rings is 1. The van der Waals surface area contributed by atoms with Gasteiger partial charge in [0, 0.05) is 12.1 Å². The van der Waals surface area contributed by atoms with Gasteiger partial charge in [-0.15, -0.1) is 0 Å². The molecule has 38 heavy (non-hydrogen) atoms. The zero-order chi connectivity index (χ0) is 28.0. The third-order valence-electron chi connectivity index (χ3n) is 6.25. The first-order chi connectivity index (χ1) is 17.9. The molecule has 1 aromatic carbocycles. The minimum absolute atomic E-state index is 0.00189. The van der Waals surface area contributed by atoms with E-state index in [0.29, 0.717) is 38.5 Å². The van der Waals surface area contributed by atoms with Crippen LogP contribution in [0.5, 0.6) is 0 Å². The number of allylic oxidation sites excluding steroid dienone is 4. The molecule has 3 rings (SSSR count). The zero-order valence-corrected chi connectivity index (χ0v) is 23.5. The summed E-state index contributed by atoms with van der Waals surface area (Å²) < 4.78 is 19.1. The standard InChI is InChI=1S/C29H41N3O6/c1-8-22(13-18(2)19(3)33)27-31-24-14-21(15-30-26(20(4)34)28(35)38-29(5,6)7)9-10-25(24)32(27)16-23-17-36-11-12-37-23/h8-10,13-14,20,23,26,30,34H,11-12,15-17H2,1-7H3/b18-13-,22-8+. The van der Waals surface area contributed by atoms with Gasteiger partial charge in [-0.3, -0.25) is 14.9 Å². The summed E-state index contributed by atoms with van der Waals surface area (Å²) in [6.45, 7) is 14.7. The van der Waals surface area contributed by atoms with Gasteiger partial charge in [-0.2, -0.15) is 0 Å². The average molecular weight is 528 g/mol. The molecule has 1 aromatic heterocycles. The lowest BCUT2D eigenvalue weighted by Gasteiger charge is -2.26. The number of esters is 1. The molecule has 0 amide bonds. The number of hydrogen-bond acceptors (Lipinski definition) is 8. The Morgan fingerprint density at radius 3 is 2.61 bits per heavy atom. The quantitative estimate of drug-likeness (QED) is 0.274. The van der Waals surface area contributed by atoms with Gasteiger partial charge in [-0.05, 0) is 77.8 Å². The van der Waals surface area contributed by atoms with Crippen LogP contribution in [0.15, 0.2) is 35.9 Å². The molecule has 1 aliphatic rings. The highest BCUT2D eigenvalue weighted by molar-refractivity contribution is 5.96. The number of nitrogens with one attached hydrogen (secondary N) is 1. The van der Waals surface area contributed by atoms with Crippen LogP contribution < -0.4 is 5.32 Å². The monoisotopic (exact) mass is 527 g/mol. The van der Waals surface area contributed by atoms with Gasteiger partial charge in [0.05, 0.1) is 49.6 Å². The number of hydrogen-bond donors (Lipinski definition) is 2. The molecular formula is C29H41N3O6. The van der Waals surface area contributed by atoms with E-state index in [1.807, 2.05) is 37.3 Å². The fraction of sp³-hybridized carbons (Fsp3) is 0.552. The second kappa shape index (κ2) is 12.8. The van der Waals surface area contributed by atoms with E-state index in [0.717, 1.165) is 28.0 Å². The van der Waals surface area contributed by atoms with Crippen molar-refractivity contribution in [2.75, 3.05) is 19.8 Å². The predicted molar refractivity (Wildman–Crippen MR) is 147 cm³/mol. The molecule has 0 aliphatic carbocycles. The summed E-state index contributed by atoms with van der Waals surface area (Å²) in [6.07, 6.45) is 2.76. The normalized spacial score (nSPS) is 18.9. The summed E-state index contributed by atoms with van der Waals surface area (Å²) in [7, 11) is 0. The maximum Gasteiger partial charge on any atom is 0.326 e. The predicted octanol–water partition coefficient (Wildman–Crippen LogP) is 3.57. The maximum atomic E-state index is 12.6. The van der Waals surface area contributed by atoms with Crippen LogP contribution in [0.1, 0.15) is 59.9 Å². The molecule has 0 bridgehead atoms. The van der Waals surface area contributed by atoms with Crippen LogP contribution in [-0.2, 0) is 36.9 Å². The smallest absolute Gasteiger partial charge is 0.326 e. The first-order valence-corrected chi connectivity index (χ1v) is 13.1. The van der Waals surface area contributed by atoms with Crippen LogP contribution in [0.4, 0.5) is 0 Å². The Bertz CT molecular complexity index is 1200. The van der Waals surface area contributed by atoms with Crippen LogP contribution in [0.25, 0.3) is 16.6 Å². The fourth-order valence-corrected chi connectivity index (χ4v) is 4.19. The van der Waals surface area contributed by atoms with Crippen molar-refractivity contribution in [2.45, 2.75) is 85.4 Å². The van der Waals surface area contributed by atoms with E-state index in [1.54, 1.807) is 41.5 Å². The van der Waals surface area contributed by atoms with Crippen molar-refractivity contribution in [1.29, 1.82) is 0 Å². The van der Waals surface area contributed by atoms with E-state index in [2.05, 4.69) is 9.88 Å². The minimum atomic E-state index is -0.925. The summed E-state index contributed by atoms with van der Waals surface area (Å²) in [5, 5.41) is 13.3. The van der Waals surface area contributed by atoms with Crippen molar-refractivity contribution in [3.05, 3.63) is 47.3 Å². The number of ketones is 1. The fourth-order valence-electron chi connectivity index (χ4n) is 4.19. The Kier molecular flexibility index (Phi) is 10.0. The number of imidazole rings is 1. The van der Waals surface area contributed by atoms with Gasteiger partial charge in [-0.25, -0.2) is 4.98 Å². The number of ether oxygens (including phenoxy) is 3. The second-order valence-electron chi connectivity index (χ2n) is 10.7. The molecule has 0 spiro atoms. The number of aromatic nitrogens is 2. The van der Waals surface area contributed by atoms with Crippen LogP contribution >= 0.6 is 0 Å². The van der Waals surface area contributed by atoms with Gasteiger partial charge in [-0.1, -0.05) is 12.1 Å². The summed E-state index contributed by atoms with van der Waals surface area (Å²) in [6, 6.07) is 5.06. The van der Waals surface area contributed by atoms with E-state index < -0.39 is 23.7 Å². The van der Waals surface area contributed by atoms with Gasteiger partial charge in [0.2, 0.25) is 0 Å². The Morgan fingerprint density at radius 2 is 2.03 bits per heavy atom. The number of fused-ring (bicyclic) bond motifs is 1. The number of carbonyl (C=O) groups is 2. The van der Waals surface area contributed by atoms with Gasteiger partial charge in [0.1, 0.15) is 17.5 Å². The SMILES string of the molecule is C/C=C(\C=C(\C)C(C)=O)c1nc2cc(CNC(C(=O)OC(C)(C)C)C(C)O)ccc2n1CC1COCCO1. The molecule has 2 heterocycles. The van der Waals surface area contributed by atoms with Gasteiger partial charge in [0.15, 0.2) is 5.78 Å². The second-order valence-corrected chi connectivity index (χ2v) is 10.7. The molecule has 208 valence electrons. The largest absolute Gasteiger partial charge is 0.459 e. The summed E-state index contributed by atoms with van der Waals surface area (Å²) in [5.41, 5.74) is 3.42. The first-order valence-electron chi connectivity index (χ1n) is 13.1. The number of Topliss-reactive ketones (excluding diaryl/α,β-unsaturated/α-hetero) is 1. The Labute approximate surface area is 224 Å². The molecule has 9 heteroatoms. The third-order valence-corrected chi connectivity index (χ3v) is 6.25. The molecule has 3 unspecified atom stereocenters. The molecule has 2 N–H and O–H groups in total. The van der Waals surface area contributed by atoms with Crippen LogP contribution in [0, 0.1) is 0 Å². The number of aliphatic hydroxyl groups is 1. The molecule has 2 aromatic rings. The molecule has 1 aliphatic heterocycles. The topological polar surface area (TPSA) is 112 Å². The van der Waals surface area contributed by atoms with Crippen molar-refractivity contribution in [3.8, 4) is 0 Å². The van der Waals surface area contributed by atoms with Crippen LogP contribution in [0.3, 0.4) is 0 Å². The molecule has 1 saturated heterocycles. The first kappa shape index (κ1) is 29.7. The van der Waals surface area contributed by atoms with Crippen LogP contribution in [-0.4, -0.2) is 70.1 Å². The zero-order valence-electron chi connectivity index (χ0n) is 23.5. The van der Waals surface area contributed by atoms with Gasteiger partial charge in [0.25, 0.3) is 0 Å². The van der Waals surface area contributed by atoms with E-state index in [1.165, 1.54) is 0 Å². The minimum Gasteiger partial charge on any atom is -0.459 e. The van der Waals surface area contributed by atoms with Crippen molar-refractivity contribution in [3.63, 3.8) is 0 Å². The number of nitrogens with zero attached hydrogens (tertiary/aromatic N) is 2. The van der Waals surface area contributed by atoms with Gasteiger partial charge < -0.3 is 23.9 Å². The lowest BCUT2D eigenvalue weighted by Crippen LogP contribution is -2.47. The van der Waals surface area contributed by atoms with Crippen LogP contribution in [0.2, 0.25) is 0 Å².